The van der Waals surface area contributed by atoms with Gasteiger partial charge < -0.3 is 5.32 Å². The Morgan fingerprint density at radius 3 is 1.95 bits per heavy atom. The van der Waals surface area contributed by atoms with Gasteiger partial charge in [-0.25, -0.2) is 0 Å². The van der Waals surface area contributed by atoms with E-state index in [0.29, 0.717) is 11.5 Å². The first-order valence-electron chi connectivity index (χ1n) is 7.29. The van der Waals surface area contributed by atoms with Gasteiger partial charge in [0.1, 0.15) is 0 Å². The van der Waals surface area contributed by atoms with Gasteiger partial charge in [0, 0.05) is 6.04 Å². The largest absolute Gasteiger partial charge is 0.416 e. The van der Waals surface area contributed by atoms with Gasteiger partial charge in [0.25, 0.3) is 0 Å². The van der Waals surface area contributed by atoms with Crippen molar-refractivity contribution in [3.63, 3.8) is 0 Å². The summed E-state index contributed by atoms with van der Waals surface area (Å²) in [5, 5.41) is 3.31. The third-order valence-electron chi connectivity index (χ3n) is 5.71. The zero-order chi connectivity index (χ0) is 16.2. The van der Waals surface area contributed by atoms with Crippen LogP contribution in [0.2, 0.25) is 0 Å². The maximum atomic E-state index is 12.8. The zero-order valence-corrected chi connectivity index (χ0v) is 13.5. The lowest BCUT2D eigenvalue weighted by molar-refractivity contribution is -0.137. The van der Waals surface area contributed by atoms with Gasteiger partial charge in [0.2, 0.25) is 0 Å². The van der Waals surface area contributed by atoms with Crippen LogP contribution in [0.5, 0.6) is 0 Å². The minimum atomic E-state index is -4.28. The van der Waals surface area contributed by atoms with Crippen LogP contribution < -0.4 is 5.32 Å². The molecule has 118 valence electrons. The highest BCUT2D eigenvalue weighted by atomic mass is 19.4. The summed E-state index contributed by atoms with van der Waals surface area (Å²) in [5.41, 5.74) is 1.44. The van der Waals surface area contributed by atoms with Crippen LogP contribution in [0.1, 0.15) is 50.4 Å². The van der Waals surface area contributed by atoms with Crippen molar-refractivity contribution in [1.82, 2.24) is 5.32 Å². The van der Waals surface area contributed by atoms with E-state index >= 15 is 0 Å². The highest BCUT2D eigenvalue weighted by molar-refractivity contribution is 5.37. The lowest BCUT2D eigenvalue weighted by Gasteiger charge is -2.22. The number of aryl methyl sites for hydroxylation is 1. The molecule has 1 atom stereocenters. The van der Waals surface area contributed by atoms with Crippen LogP contribution in [0.3, 0.4) is 0 Å². The molecule has 0 aromatic heterocycles. The average Bonchev–Trinajstić information content (AvgIpc) is 2.73. The fourth-order valence-electron chi connectivity index (χ4n) is 3.78. The van der Waals surface area contributed by atoms with Crippen molar-refractivity contribution in [2.24, 2.45) is 16.7 Å². The van der Waals surface area contributed by atoms with Crippen LogP contribution in [0.25, 0.3) is 0 Å². The van der Waals surface area contributed by atoms with E-state index in [9.17, 15) is 13.2 Å². The molecule has 21 heavy (non-hydrogen) atoms. The molecular weight excluding hydrogens is 275 g/mol. The Morgan fingerprint density at radius 1 is 1.10 bits per heavy atom. The second kappa shape index (κ2) is 4.73. The Kier molecular flexibility index (Phi) is 3.68. The fourth-order valence-corrected chi connectivity index (χ4v) is 3.78. The van der Waals surface area contributed by atoms with Crippen molar-refractivity contribution in [2.75, 3.05) is 7.05 Å². The SMILES string of the molecule is CNC(c1ccc(C(F)(F)F)cc1C)C1C(C)(C)C1(C)C. The Morgan fingerprint density at radius 2 is 1.62 bits per heavy atom. The monoisotopic (exact) mass is 299 g/mol. The van der Waals surface area contributed by atoms with E-state index in [1.807, 2.05) is 7.05 Å². The van der Waals surface area contributed by atoms with Gasteiger partial charge in [-0.2, -0.15) is 13.2 Å². The molecule has 0 aliphatic heterocycles. The third-order valence-corrected chi connectivity index (χ3v) is 5.71. The van der Waals surface area contributed by atoms with Gasteiger partial charge in [0.05, 0.1) is 5.56 Å². The summed E-state index contributed by atoms with van der Waals surface area (Å²) < 4.78 is 38.4. The quantitative estimate of drug-likeness (QED) is 0.832. The molecule has 0 spiro atoms. The number of benzene rings is 1. The van der Waals surface area contributed by atoms with Gasteiger partial charge in [-0.05, 0) is 54.0 Å². The fraction of sp³-hybridized carbons (Fsp3) is 0.647. The van der Waals surface area contributed by atoms with E-state index in [1.54, 1.807) is 13.0 Å². The van der Waals surface area contributed by atoms with Crippen LogP contribution >= 0.6 is 0 Å². The number of alkyl halides is 3. The van der Waals surface area contributed by atoms with Crippen molar-refractivity contribution in [3.8, 4) is 0 Å². The molecule has 1 aliphatic carbocycles. The number of nitrogens with one attached hydrogen (secondary N) is 1. The molecule has 0 saturated heterocycles. The molecule has 1 fully saturated rings. The van der Waals surface area contributed by atoms with Gasteiger partial charge in [-0.1, -0.05) is 33.8 Å². The second-order valence-electron chi connectivity index (χ2n) is 7.26. The van der Waals surface area contributed by atoms with Crippen molar-refractivity contribution in [2.45, 2.75) is 46.8 Å². The molecule has 1 aliphatic rings. The van der Waals surface area contributed by atoms with E-state index in [1.165, 1.54) is 12.1 Å². The van der Waals surface area contributed by atoms with Crippen LogP contribution in [0, 0.1) is 23.7 Å². The molecule has 1 saturated carbocycles. The standard InChI is InChI=1S/C17H24F3N/c1-10-9-11(17(18,19)20)7-8-12(10)13(21-6)14-15(2,3)16(14,4)5/h7-9,13-14,21H,1-6H3. The number of hydrogen-bond donors (Lipinski definition) is 1. The molecular formula is C17H24F3N. The maximum Gasteiger partial charge on any atom is 0.416 e. The molecule has 0 radical (unpaired) electrons. The van der Waals surface area contributed by atoms with Crippen LogP contribution in [-0.4, -0.2) is 7.05 Å². The van der Waals surface area contributed by atoms with E-state index in [4.69, 9.17) is 0 Å². The van der Waals surface area contributed by atoms with Gasteiger partial charge in [0.15, 0.2) is 0 Å². The molecule has 0 amide bonds. The molecule has 4 heteroatoms. The van der Waals surface area contributed by atoms with E-state index in [0.717, 1.165) is 5.56 Å². The Balaban J connectivity index is 2.38. The first kappa shape index (κ1) is 16.3. The Labute approximate surface area is 124 Å². The van der Waals surface area contributed by atoms with Gasteiger partial charge >= 0.3 is 6.18 Å². The van der Waals surface area contributed by atoms with Crippen molar-refractivity contribution in [3.05, 3.63) is 34.9 Å². The average molecular weight is 299 g/mol. The molecule has 0 bridgehead atoms. The topological polar surface area (TPSA) is 12.0 Å². The summed E-state index contributed by atoms with van der Waals surface area (Å²) in [4.78, 5) is 0. The highest BCUT2D eigenvalue weighted by Gasteiger charge is 2.67. The first-order valence-corrected chi connectivity index (χ1v) is 7.29. The minimum Gasteiger partial charge on any atom is -0.313 e. The summed E-state index contributed by atoms with van der Waals surface area (Å²) in [6, 6.07) is 4.15. The lowest BCUT2D eigenvalue weighted by Crippen LogP contribution is -2.22. The molecule has 0 heterocycles. The van der Waals surface area contributed by atoms with Crippen LogP contribution in [0.15, 0.2) is 18.2 Å². The number of hydrogen-bond acceptors (Lipinski definition) is 1. The molecule has 1 aromatic rings. The van der Waals surface area contributed by atoms with Gasteiger partial charge in [-0.3, -0.25) is 0 Å². The van der Waals surface area contributed by atoms with E-state index in [-0.39, 0.29) is 16.9 Å². The maximum absolute atomic E-state index is 12.8. The van der Waals surface area contributed by atoms with Crippen molar-refractivity contribution in [1.29, 1.82) is 0 Å². The molecule has 1 unspecified atom stereocenters. The summed E-state index contributed by atoms with van der Waals surface area (Å²) in [5.74, 6) is 0.408. The third kappa shape index (κ3) is 2.48. The Bertz CT molecular complexity index is 529. The zero-order valence-electron chi connectivity index (χ0n) is 13.5. The summed E-state index contributed by atoms with van der Waals surface area (Å²) in [6.45, 7) is 10.7. The Hall–Kier alpha value is -1.03. The van der Waals surface area contributed by atoms with Crippen molar-refractivity contribution >= 4 is 0 Å². The summed E-state index contributed by atoms with van der Waals surface area (Å²) >= 11 is 0. The minimum absolute atomic E-state index is 0.0808. The second-order valence-corrected chi connectivity index (χ2v) is 7.26. The predicted octanol–water partition coefficient (Wildman–Crippen LogP) is 4.96. The van der Waals surface area contributed by atoms with Crippen LogP contribution in [-0.2, 0) is 6.18 Å². The first-order chi connectivity index (χ1) is 9.44. The van der Waals surface area contributed by atoms with E-state index < -0.39 is 11.7 Å². The van der Waals surface area contributed by atoms with Crippen molar-refractivity contribution < 1.29 is 13.2 Å². The molecule has 1 N–H and O–H groups in total. The normalized spacial score (nSPS) is 22.1. The summed E-state index contributed by atoms with van der Waals surface area (Å²) in [7, 11) is 1.88. The molecule has 2 rings (SSSR count). The summed E-state index contributed by atoms with van der Waals surface area (Å²) in [6.07, 6.45) is -4.28. The smallest absolute Gasteiger partial charge is 0.313 e. The lowest BCUT2D eigenvalue weighted by atomic mass is 9.92. The predicted molar refractivity (Wildman–Crippen MR) is 79.0 cm³/mol. The number of rotatable bonds is 3. The van der Waals surface area contributed by atoms with Gasteiger partial charge in [-0.15, -0.1) is 0 Å². The van der Waals surface area contributed by atoms with E-state index in [2.05, 4.69) is 33.0 Å². The molecule has 1 nitrogen and oxygen atoms in total. The van der Waals surface area contributed by atoms with Crippen LogP contribution in [0.4, 0.5) is 13.2 Å². The molecule has 1 aromatic carbocycles. The number of halogens is 3. The highest BCUT2D eigenvalue weighted by Crippen LogP contribution is 2.72.